The molecule has 3 aromatic heterocycles. The molecular formula is C20H24N8O. The van der Waals surface area contributed by atoms with Gasteiger partial charge in [-0.1, -0.05) is 0 Å². The van der Waals surface area contributed by atoms with Crippen molar-refractivity contribution in [2.45, 2.75) is 26.7 Å². The second-order valence-electron chi connectivity index (χ2n) is 7.37. The van der Waals surface area contributed by atoms with Crippen molar-refractivity contribution in [2.75, 3.05) is 31.1 Å². The van der Waals surface area contributed by atoms with Crippen LogP contribution >= 0.6 is 0 Å². The molecular weight excluding hydrogens is 368 g/mol. The first-order valence-electron chi connectivity index (χ1n) is 9.73. The lowest BCUT2D eigenvalue weighted by Crippen LogP contribution is -2.49. The van der Waals surface area contributed by atoms with E-state index in [2.05, 4.69) is 26.0 Å². The van der Waals surface area contributed by atoms with Crippen molar-refractivity contribution in [2.24, 2.45) is 7.05 Å². The molecule has 0 atom stereocenters. The summed E-state index contributed by atoms with van der Waals surface area (Å²) in [5, 5.41) is 13.5. The van der Waals surface area contributed by atoms with Crippen LogP contribution in [-0.2, 0) is 18.3 Å². The maximum Gasteiger partial charge on any atom is 0.223 e. The SMILES string of the molecule is Cc1nc2c(C#N)cnn2c(C)c1CCC(=O)N1CCN(c2nccn2C)CC1. The number of nitriles is 1. The van der Waals surface area contributed by atoms with Crippen LogP contribution < -0.4 is 4.90 Å². The Hall–Kier alpha value is -3.41. The number of carbonyl (C=O) groups excluding carboxylic acids is 1. The molecule has 1 amide bonds. The van der Waals surface area contributed by atoms with Crippen LogP contribution in [0.25, 0.3) is 5.65 Å². The fourth-order valence-corrected chi connectivity index (χ4v) is 3.96. The van der Waals surface area contributed by atoms with Gasteiger partial charge in [0.05, 0.1) is 6.20 Å². The van der Waals surface area contributed by atoms with Gasteiger partial charge < -0.3 is 14.4 Å². The summed E-state index contributed by atoms with van der Waals surface area (Å²) in [6.45, 7) is 6.85. The second-order valence-corrected chi connectivity index (χ2v) is 7.37. The number of carbonyl (C=O) groups is 1. The number of hydrogen-bond acceptors (Lipinski definition) is 6. The van der Waals surface area contributed by atoms with Crippen LogP contribution in [0.2, 0.25) is 0 Å². The Balaban J connectivity index is 1.40. The average molecular weight is 392 g/mol. The molecule has 150 valence electrons. The van der Waals surface area contributed by atoms with Gasteiger partial charge in [0.15, 0.2) is 5.65 Å². The predicted molar refractivity (Wildman–Crippen MR) is 107 cm³/mol. The lowest BCUT2D eigenvalue weighted by atomic mass is 10.1. The molecule has 9 nitrogen and oxygen atoms in total. The van der Waals surface area contributed by atoms with Crippen molar-refractivity contribution in [3.05, 3.63) is 41.1 Å². The number of piperazine rings is 1. The van der Waals surface area contributed by atoms with Crippen molar-refractivity contribution < 1.29 is 4.79 Å². The van der Waals surface area contributed by atoms with Gasteiger partial charge >= 0.3 is 0 Å². The maximum atomic E-state index is 12.8. The third-order valence-corrected chi connectivity index (χ3v) is 5.63. The van der Waals surface area contributed by atoms with E-state index in [0.29, 0.717) is 37.1 Å². The Labute approximate surface area is 169 Å². The summed E-state index contributed by atoms with van der Waals surface area (Å²) in [6.07, 6.45) is 6.30. The molecule has 1 fully saturated rings. The molecule has 0 aromatic carbocycles. The van der Waals surface area contributed by atoms with Crippen LogP contribution in [0.4, 0.5) is 5.95 Å². The minimum atomic E-state index is 0.154. The minimum Gasteiger partial charge on any atom is -0.339 e. The van der Waals surface area contributed by atoms with Crippen molar-refractivity contribution in [1.29, 1.82) is 5.26 Å². The summed E-state index contributed by atoms with van der Waals surface area (Å²) in [5.41, 5.74) is 3.83. The molecule has 0 N–H and O–H groups in total. The molecule has 3 aromatic rings. The van der Waals surface area contributed by atoms with E-state index < -0.39 is 0 Å². The molecule has 1 saturated heterocycles. The maximum absolute atomic E-state index is 12.8. The molecule has 0 aliphatic carbocycles. The van der Waals surface area contributed by atoms with E-state index in [-0.39, 0.29) is 5.91 Å². The molecule has 1 aliphatic heterocycles. The van der Waals surface area contributed by atoms with Gasteiger partial charge in [0.25, 0.3) is 0 Å². The first-order valence-corrected chi connectivity index (χ1v) is 9.73. The molecule has 4 heterocycles. The molecule has 9 heteroatoms. The summed E-state index contributed by atoms with van der Waals surface area (Å²) < 4.78 is 3.69. The highest BCUT2D eigenvalue weighted by Gasteiger charge is 2.23. The van der Waals surface area contributed by atoms with Crippen molar-refractivity contribution >= 4 is 17.5 Å². The third-order valence-electron chi connectivity index (χ3n) is 5.63. The standard InChI is InChI=1S/C20H24N8O/c1-14-17(15(2)28-19(24-14)16(12-21)13-23-28)4-5-18(29)26-8-10-27(11-9-26)20-22-6-7-25(20)3/h6-7,13H,4-5,8-11H2,1-3H3. The Morgan fingerprint density at radius 3 is 2.66 bits per heavy atom. The van der Waals surface area contributed by atoms with Gasteiger partial charge in [-0.25, -0.2) is 14.5 Å². The molecule has 0 spiro atoms. The summed E-state index contributed by atoms with van der Waals surface area (Å²) in [6, 6.07) is 2.12. The predicted octanol–water partition coefficient (Wildman–Crippen LogP) is 1.23. The quantitative estimate of drug-likeness (QED) is 0.663. The van der Waals surface area contributed by atoms with Gasteiger partial charge in [-0.05, 0) is 25.8 Å². The number of fused-ring (bicyclic) bond motifs is 1. The summed E-state index contributed by atoms with van der Waals surface area (Å²) >= 11 is 0. The third kappa shape index (κ3) is 3.42. The molecule has 29 heavy (non-hydrogen) atoms. The Bertz CT molecular complexity index is 1100. The van der Waals surface area contributed by atoms with Gasteiger partial charge in [-0.15, -0.1) is 0 Å². The van der Waals surface area contributed by atoms with E-state index in [9.17, 15) is 10.1 Å². The smallest absolute Gasteiger partial charge is 0.223 e. The first-order chi connectivity index (χ1) is 14.0. The van der Waals surface area contributed by atoms with E-state index in [1.165, 1.54) is 6.20 Å². The van der Waals surface area contributed by atoms with E-state index in [1.54, 1.807) is 10.7 Å². The Morgan fingerprint density at radius 2 is 2.00 bits per heavy atom. The number of nitrogens with zero attached hydrogens (tertiary/aromatic N) is 8. The average Bonchev–Trinajstić information content (AvgIpc) is 3.33. The first kappa shape index (κ1) is 18.9. The molecule has 0 saturated carbocycles. The lowest BCUT2D eigenvalue weighted by Gasteiger charge is -2.35. The van der Waals surface area contributed by atoms with Crippen LogP contribution in [0.5, 0.6) is 0 Å². The number of aryl methyl sites for hydroxylation is 3. The molecule has 4 rings (SSSR count). The van der Waals surface area contributed by atoms with Gasteiger partial charge in [0.2, 0.25) is 11.9 Å². The minimum absolute atomic E-state index is 0.154. The number of imidazole rings is 1. The zero-order valence-electron chi connectivity index (χ0n) is 17.0. The highest BCUT2D eigenvalue weighted by molar-refractivity contribution is 5.77. The summed E-state index contributed by atoms with van der Waals surface area (Å²) in [5.74, 6) is 1.10. The monoisotopic (exact) mass is 392 g/mol. The number of anilines is 1. The largest absolute Gasteiger partial charge is 0.339 e. The Morgan fingerprint density at radius 1 is 1.24 bits per heavy atom. The van der Waals surface area contributed by atoms with Crippen LogP contribution in [-0.4, -0.2) is 61.1 Å². The topological polar surface area (TPSA) is 95.3 Å². The highest BCUT2D eigenvalue weighted by atomic mass is 16.2. The van der Waals surface area contributed by atoms with Gasteiger partial charge in [0, 0.05) is 63.4 Å². The normalized spacial score (nSPS) is 14.4. The molecule has 1 aliphatic rings. The fraction of sp³-hybridized carbons (Fsp3) is 0.450. The summed E-state index contributed by atoms with van der Waals surface area (Å²) in [7, 11) is 1.98. The number of amides is 1. The molecule has 0 radical (unpaired) electrons. The van der Waals surface area contributed by atoms with Crippen molar-refractivity contribution in [1.82, 2.24) is 29.0 Å². The van der Waals surface area contributed by atoms with Gasteiger partial charge in [-0.3, -0.25) is 4.79 Å². The number of hydrogen-bond donors (Lipinski definition) is 0. The van der Waals surface area contributed by atoms with Crippen LogP contribution in [0.1, 0.15) is 28.9 Å². The zero-order chi connectivity index (χ0) is 20.5. The molecule has 0 unspecified atom stereocenters. The van der Waals surface area contributed by atoms with Gasteiger partial charge in [-0.2, -0.15) is 10.4 Å². The zero-order valence-corrected chi connectivity index (χ0v) is 17.0. The second kappa shape index (κ2) is 7.54. The van der Waals surface area contributed by atoms with Crippen LogP contribution in [0, 0.1) is 25.2 Å². The van der Waals surface area contributed by atoms with E-state index >= 15 is 0 Å². The van der Waals surface area contributed by atoms with Crippen LogP contribution in [0.3, 0.4) is 0 Å². The number of aromatic nitrogens is 5. The van der Waals surface area contributed by atoms with Gasteiger partial charge in [0.1, 0.15) is 11.6 Å². The van der Waals surface area contributed by atoms with Crippen molar-refractivity contribution in [3.8, 4) is 6.07 Å². The van der Waals surface area contributed by atoms with Crippen LogP contribution in [0.15, 0.2) is 18.6 Å². The number of rotatable bonds is 4. The fourth-order valence-electron chi connectivity index (χ4n) is 3.96. The van der Waals surface area contributed by atoms with E-state index in [4.69, 9.17) is 0 Å². The Kier molecular flexibility index (Phi) is 4.92. The molecule has 0 bridgehead atoms. The van der Waals surface area contributed by atoms with E-state index in [1.807, 2.05) is 36.6 Å². The highest BCUT2D eigenvalue weighted by Crippen LogP contribution is 2.19. The van der Waals surface area contributed by atoms with E-state index in [0.717, 1.165) is 36.0 Å². The lowest BCUT2D eigenvalue weighted by molar-refractivity contribution is -0.131. The van der Waals surface area contributed by atoms with Crippen molar-refractivity contribution in [3.63, 3.8) is 0 Å². The summed E-state index contributed by atoms with van der Waals surface area (Å²) in [4.78, 5) is 25.8.